The molecule has 1 fully saturated rings. The van der Waals surface area contributed by atoms with Crippen LogP contribution in [0, 0.1) is 12.8 Å². The molecule has 2 amide bonds. The first-order valence-corrected chi connectivity index (χ1v) is 10.1. The number of hydrogen-bond donors (Lipinski definition) is 0. The molecule has 1 aliphatic heterocycles. The summed E-state index contributed by atoms with van der Waals surface area (Å²) in [5.41, 5.74) is 0.368. The van der Waals surface area contributed by atoms with Crippen molar-refractivity contribution >= 4 is 23.2 Å². The molecule has 0 saturated carbocycles. The van der Waals surface area contributed by atoms with Crippen molar-refractivity contribution in [1.29, 1.82) is 0 Å². The molecule has 1 saturated heterocycles. The monoisotopic (exact) mass is 425 g/mol. The minimum atomic E-state index is -4.39. The van der Waals surface area contributed by atoms with Crippen LogP contribution in [0.4, 0.5) is 13.2 Å². The van der Waals surface area contributed by atoms with E-state index in [-0.39, 0.29) is 17.7 Å². The van der Waals surface area contributed by atoms with Gasteiger partial charge in [-0.1, -0.05) is 26.0 Å². The largest absolute Gasteiger partial charge is 0.416 e. The molecule has 9 heteroatoms. The van der Waals surface area contributed by atoms with Gasteiger partial charge in [-0.15, -0.1) is 11.3 Å². The van der Waals surface area contributed by atoms with Crippen LogP contribution in [0.5, 0.6) is 0 Å². The summed E-state index contributed by atoms with van der Waals surface area (Å²) in [6.07, 6.45) is -4.39. The molecule has 2 heterocycles. The highest BCUT2D eigenvalue weighted by molar-refractivity contribution is 7.17. The Morgan fingerprint density at radius 3 is 2.10 bits per heavy atom. The smallest absolute Gasteiger partial charge is 0.339 e. The van der Waals surface area contributed by atoms with E-state index in [9.17, 15) is 22.8 Å². The van der Waals surface area contributed by atoms with Crippen LogP contribution in [-0.4, -0.2) is 52.8 Å². The van der Waals surface area contributed by atoms with Gasteiger partial charge in [0, 0.05) is 37.7 Å². The molecule has 29 heavy (non-hydrogen) atoms. The zero-order chi connectivity index (χ0) is 21.3. The molecule has 1 aromatic carbocycles. The number of hydrogen-bond acceptors (Lipinski definition) is 4. The number of benzene rings is 1. The maximum Gasteiger partial charge on any atom is 0.416 e. The van der Waals surface area contributed by atoms with Gasteiger partial charge in [-0.25, -0.2) is 4.98 Å². The number of carbonyl (C=O) groups is 2. The number of piperazine rings is 1. The van der Waals surface area contributed by atoms with Crippen LogP contribution in [-0.2, 0) is 11.0 Å². The normalized spacial score (nSPS) is 15.1. The number of halogens is 3. The van der Waals surface area contributed by atoms with Gasteiger partial charge in [-0.2, -0.15) is 13.2 Å². The van der Waals surface area contributed by atoms with Crippen molar-refractivity contribution in [3.05, 3.63) is 40.4 Å². The summed E-state index contributed by atoms with van der Waals surface area (Å²) in [6.45, 7) is 7.30. The average molecular weight is 425 g/mol. The van der Waals surface area contributed by atoms with E-state index in [0.29, 0.717) is 47.3 Å². The molecular weight excluding hydrogens is 403 g/mol. The molecular formula is C20H22F3N3O2S. The third-order valence-corrected chi connectivity index (χ3v) is 6.02. The van der Waals surface area contributed by atoms with Crippen molar-refractivity contribution in [2.24, 2.45) is 5.92 Å². The van der Waals surface area contributed by atoms with E-state index >= 15 is 0 Å². The number of rotatable bonds is 3. The van der Waals surface area contributed by atoms with Crippen LogP contribution in [0.15, 0.2) is 24.3 Å². The fraction of sp³-hybridized carbons (Fsp3) is 0.450. The van der Waals surface area contributed by atoms with Gasteiger partial charge in [0.25, 0.3) is 5.91 Å². The predicted octanol–water partition coefficient (Wildman–Crippen LogP) is 4.08. The zero-order valence-corrected chi connectivity index (χ0v) is 17.2. The lowest BCUT2D eigenvalue weighted by atomic mass is 10.1. The lowest BCUT2D eigenvalue weighted by Gasteiger charge is -2.35. The minimum absolute atomic E-state index is 0.0766. The summed E-state index contributed by atoms with van der Waals surface area (Å²) >= 11 is 1.18. The second-order valence-electron chi connectivity index (χ2n) is 7.28. The molecule has 156 valence electrons. The Bertz CT molecular complexity index is 899. The molecule has 5 nitrogen and oxygen atoms in total. The number of carbonyl (C=O) groups excluding carboxylic acids is 2. The number of amides is 2. The predicted molar refractivity (Wildman–Crippen MR) is 105 cm³/mol. The maximum absolute atomic E-state index is 12.9. The molecule has 1 aromatic heterocycles. The molecule has 3 rings (SSSR count). The molecule has 0 spiro atoms. The zero-order valence-electron chi connectivity index (χ0n) is 16.4. The minimum Gasteiger partial charge on any atom is -0.339 e. The Labute approximate surface area is 171 Å². The number of aromatic nitrogens is 1. The first kappa shape index (κ1) is 21.3. The summed E-state index contributed by atoms with van der Waals surface area (Å²) in [4.78, 5) is 33.3. The van der Waals surface area contributed by atoms with Crippen molar-refractivity contribution in [3.8, 4) is 10.6 Å². The third kappa shape index (κ3) is 4.60. The molecule has 0 atom stereocenters. The lowest BCUT2D eigenvalue weighted by molar-refractivity contribution is -0.137. The molecule has 0 bridgehead atoms. The van der Waals surface area contributed by atoms with Gasteiger partial charge in [0.2, 0.25) is 5.91 Å². The van der Waals surface area contributed by atoms with Crippen molar-refractivity contribution in [2.75, 3.05) is 26.2 Å². The van der Waals surface area contributed by atoms with Gasteiger partial charge in [-0.3, -0.25) is 9.59 Å². The van der Waals surface area contributed by atoms with Crippen LogP contribution >= 0.6 is 11.3 Å². The Morgan fingerprint density at radius 2 is 1.59 bits per heavy atom. The second-order valence-corrected chi connectivity index (χ2v) is 8.28. The molecule has 0 radical (unpaired) electrons. The fourth-order valence-corrected chi connectivity index (χ4v) is 4.20. The number of aryl methyl sites for hydroxylation is 1. The standard InChI is InChI=1S/C20H22F3N3O2S/c1-12(2)18(27)25-8-10-26(11-9-25)19(28)16-13(3)24-17(29-16)14-4-6-15(7-5-14)20(21,22)23/h4-7,12H,8-11H2,1-3H3. The highest BCUT2D eigenvalue weighted by atomic mass is 32.1. The van der Waals surface area contributed by atoms with Crippen LogP contribution in [0.1, 0.15) is 34.8 Å². The van der Waals surface area contributed by atoms with Crippen molar-refractivity contribution in [2.45, 2.75) is 26.9 Å². The quantitative estimate of drug-likeness (QED) is 0.745. The number of thiazole rings is 1. The first-order chi connectivity index (χ1) is 13.6. The second kappa shape index (κ2) is 8.14. The highest BCUT2D eigenvalue weighted by Crippen LogP contribution is 2.33. The van der Waals surface area contributed by atoms with E-state index in [1.807, 2.05) is 13.8 Å². The van der Waals surface area contributed by atoms with Crippen LogP contribution in [0.25, 0.3) is 10.6 Å². The maximum atomic E-state index is 12.9. The van der Waals surface area contributed by atoms with E-state index in [0.717, 1.165) is 12.1 Å². The van der Waals surface area contributed by atoms with E-state index in [2.05, 4.69) is 4.98 Å². The fourth-order valence-electron chi connectivity index (χ4n) is 3.16. The molecule has 0 N–H and O–H groups in total. The van der Waals surface area contributed by atoms with Gasteiger partial charge in [-0.05, 0) is 19.1 Å². The highest BCUT2D eigenvalue weighted by Gasteiger charge is 2.31. The first-order valence-electron chi connectivity index (χ1n) is 9.31. The van der Waals surface area contributed by atoms with Crippen molar-refractivity contribution in [1.82, 2.24) is 14.8 Å². The lowest BCUT2D eigenvalue weighted by Crippen LogP contribution is -2.51. The van der Waals surface area contributed by atoms with Crippen LogP contribution in [0.3, 0.4) is 0 Å². The summed E-state index contributed by atoms with van der Waals surface area (Å²) in [6, 6.07) is 4.76. The van der Waals surface area contributed by atoms with E-state index < -0.39 is 11.7 Å². The Morgan fingerprint density at radius 1 is 1.03 bits per heavy atom. The SMILES string of the molecule is Cc1nc(-c2ccc(C(F)(F)F)cc2)sc1C(=O)N1CCN(C(=O)C(C)C)CC1. The van der Waals surface area contributed by atoms with Crippen molar-refractivity contribution in [3.63, 3.8) is 0 Å². The third-order valence-electron chi connectivity index (χ3n) is 4.82. The summed E-state index contributed by atoms with van der Waals surface area (Å²) in [7, 11) is 0. The topological polar surface area (TPSA) is 53.5 Å². The Kier molecular flexibility index (Phi) is 5.97. The van der Waals surface area contributed by atoms with E-state index in [1.165, 1.54) is 23.5 Å². The number of alkyl halides is 3. The average Bonchev–Trinajstić information content (AvgIpc) is 3.08. The summed E-state index contributed by atoms with van der Waals surface area (Å²) in [5.74, 6) is -0.155. The Hall–Kier alpha value is -2.42. The van der Waals surface area contributed by atoms with Crippen LogP contribution in [0.2, 0.25) is 0 Å². The molecule has 0 unspecified atom stereocenters. The Balaban J connectivity index is 1.72. The molecule has 2 aromatic rings. The molecule has 0 aliphatic carbocycles. The van der Waals surface area contributed by atoms with E-state index in [4.69, 9.17) is 0 Å². The van der Waals surface area contributed by atoms with Gasteiger partial charge < -0.3 is 9.80 Å². The summed E-state index contributed by atoms with van der Waals surface area (Å²) < 4.78 is 38.2. The van der Waals surface area contributed by atoms with Gasteiger partial charge >= 0.3 is 6.18 Å². The van der Waals surface area contributed by atoms with E-state index in [1.54, 1.807) is 16.7 Å². The molecule has 1 aliphatic rings. The van der Waals surface area contributed by atoms with Gasteiger partial charge in [0.1, 0.15) is 9.88 Å². The van der Waals surface area contributed by atoms with Gasteiger partial charge in [0.15, 0.2) is 0 Å². The number of nitrogens with zero attached hydrogens (tertiary/aromatic N) is 3. The van der Waals surface area contributed by atoms with Crippen LogP contribution < -0.4 is 0 Å². The van der Waals surface area contributed by atoms with Crippen molar-refractivity contribution < 1.29 is 22.8 Å². The van der Waals surface area contributed by atoms with Gasteiger partial charge in [0.05, 0.1) is 11.3 Å². The summed E-state index contributed by atoms with van der Waals surface area (Å²) in [5, 5.41) is 0.508.